The molecule has 3 rings (SSSR count). The molecule has 1 amide bonds. The number of carbonyl (C=O) groups excluding carboxylic acids is 1. The van der Waals surface area contributed by atoms with Gasteiger partial charge in [-0.1, -0.05) is 12.1 Å². The van der Waals surface area contributed by atoms with E-state index in [0.717, 1.165) is 12.1 Å². The molecule has 0 spiro atoms. The number of sulfone groups is 1. The molecule has 0 aliphatic heterocycles. The predicted octanol–water partition coefficient (Wildman–Crippen LogP) is 2.56. The van der Waals surface area contributed by atoms with Gasteiger partial charge in [0.1, 0.15) is 16.8 Å². The zero-order valence-electron chi connectivity index (χ0n) is 14.1. The van der Waals surface area contributed by atoms with Gasteiger partial charge in [-0.25, -0.2) is 12.8 Å². The summed E-state index contributed by atoms with van der Waals surface area (Å²) in [5, 5.41) is 1.52. The lowest BCUT2D eigenvalue weighted by Crippen LogP contribution is -2.32. The van der Waals surface area contributed by atoms with Crippen molar-refractivity contribution < 1.29 is 17.6 Å². The van der Waals surface area contributed by atoms with Gasteiger partial charge in [-0.3, -0.25) is 14.8 Å². The van der Waals surface area contributed by atoms with Gasteiger partial charge in [0.2, 0.25) is 0 Å². The van der Waals surface area contributed by atoms with E-state index in [1.807, 2.05) is 0 Å². The predicted molar refractivity (Wildman–Crippen MR) is 97.1 cm³/mol. The van der Waals surface area contributed by atoms with E-state index >= 15 is 0 Å². The van der Waals surface area contributed by atoms with Gasteiger partial charge >= 0.3 is 0 Å². The first-order chi connectivity index (χ1) is 13.0. The highest BCUT2D eigenvalue weighted by molar-refractivity contribution is 7.91. The summed E-state index contributed by atoms with van der Waals surface area (Å²) in [6.45, 7) is -0.180. The van der Waals surface area contributed by atoms with Gasteiger partial charge in [-0.15, -0.1) is 0 Å². The van der Waals surface area contributed by atoms with Gasteiger partial charge in [0, 0.05) is 25.1 Å². The lowest BCUT2D eigenvalue weighted by molar-refractivity contribution is 0.0948. The van der Waals surface area contributed by atoms with Crippen molar-refractivity contribution in [3.05, 3.63) is 90.3 Å². The maximum Gasteiger partial charge on any atom is 0.269 e. The highest BCUT2D eigenvalue weighted by Crippen LogP contribution is 2.28. The van der Waals surface area contributed by atoms with Crippen molar-refractivity contribution in [1.29, 1.82) is 0 Å². The molecular weight excluding hydrogens is 369 g/mol. The Hall–Kier alpha value is -3.13. The minimum Gasteiger partial charge on any atom is -0.349 e. The third-order valence-corrected chi connectivity index (χ3v) is 6.04. The molecule has 0 saturated carbocycles. The minimum atomic E-state index is -3.89. The molecule has 0 aliphatic carbocycles. The summed E-state index contributed by atoms with van der Waals surface area (Å²) in [5.41, 5.74) is 0.602. The van der Waals surface area contributed by atoms with Crippen molar-refractivity contribution in [2.45, 2.75) is 10.1 Å². The number of hydrogen-bond donors (Lipinski definition) is 1. The molecule has 2 aromatic heterocycles. The number of carbonyl (C=O) groups is 1. The second-order valence-electron chi connectivity index (χ2n) is 5.70. The molecule has 2 heterocycles. The molecule has 138 valence electrons. The average Bonchev–Trinajstić information content (AvgIpc) is 2.69. The third kappa shape index (κ3) is 4.35. The number of hydrogen-bond acceptors (Lipinski definition) is 5. The maximum atomic E-state index is 13.2. The molecule has 0 aliphatic rings. The zero-order valence-corrected chi connectivity index (χ0v) is 14.9. The van der Waals surface area contributed by atoms with Crippen LogP contribution in [0, 0.1) is 5.82 Å². The number of nitrogens with zero attached hydrogens (tertiary/aromatic N) is 2. The Morgan fingerprint density at radius 1 is 1.04 bits per heavy atom. The molecule has 0 unspecified atom stereocenters. The lowest BCUT2D eigenvalue weighted by Gasteiger charge is -2.18. The Morgan fingerprint density at radius 3 is 2.44 bits per heavy atom. The van der Waals surface area contributed by atoms with E-state index in [1.165, 1.54) is 36.8 Å². The van der Waals surface area contributed by atoms with E-state index in [4.69, 9.17) is 0 Å². The van der Waals surface area contributed by atoms with Gasteiger partial charge in [-0.05, 0) is 48.0 Å². The molecule has 3 aromatic rings. The molecule has 1 aromatic carbocycles. The maximum absolute atomic E-state index is 13.2. The molecule has 0 radical (unpaired) electrons. The summed E-state index contributed by atoms with van der Waals surface area (Å²) in [7, 11) is -3.89. The molecule has 6 nitrogen and oxygen atoms in total. The highest BCUT2D eigenvalue weighted by atomic mass is 32.2. The van der Waals surface area contributed by atoms with Gasteiger partial charge in [-0.2, -0.15) is 0 Å². The largest absolute Gasteiger partial charge is 0.349 e. The molecule has 0 fully saturated rings. The Kier molecular flexibility index (Phi) is 5.56. The molecular formula is C19H16FN3O3S. The van der Waals surface area contributed by atoms with E-state index < -0.39 is 26.8 Å². The number of benzene rings is 1. The first-order valence-corrected chi connectivity index (χ1v) is 9.62. The van der Waals surface area contributed by atoms with E-state index in [0.29, 0.717) is 5.56 Å². The summed E-state index contributed by atoms with van der Waals surface area (Å²) < 4.78 is 39.3. The van der Waals surface area contributed by atoms with Gasteiger partial charge in [0.05, 0.1) is 4.90 Å². The van der Waals surface area contributed by atoms with Crippen LogP contribution >= 0.6 is 0 Å². The zero-order chi connectivity index (χ0) is 19.3. The fourth-order valence-electron chi connectivity index (χ4n) is 2.53. The molecule has 8 heteroatoms. The van der Waals surface area contributed by atoms with Crippen molar-refractivity contribution in [2.24, 2.45) is 0 Å². The van der Waals surface area contributed by atoms with Crippen LogP contribution in [0.1, 0.15) is 21.3 Å². The minimum absolute atomic E-state index is 0.0372. The third-order valence-electron chi connectivity index (χ3n) is 3.92. The topological polar surface area (TPSA) is 89.0 Å². The molecule has 1 N–H and O–H groups in total. The Labute approximate surface area is 156 Å². The second-order valence-corrected chi connectivity index (χ2v) is 7.83. The Balaban J connectivity index is 1.90. The SMILES string of the molecule is O=C(NC[C@H](c1cccnc1)S(=O)(=O)c1ccc(F)cc1)c1ccccn1. The summed E-state index contributed by atoms with van der Waals surface area (Å²) in [6.07, 6.45) is 4.43. The smallest absolute Gasteiger partial charge is 0.269 e. The van der Waals surface area contributed by atoms with Crippen LogP contribution in [0.5, 0.6) is 0 Å². The number of pyridine rings is 2. The number of rotatable bonds is 6. The number of aromatic nitrogens is 2. The second kappa shape index (κ2) is 8.05. The first-order valence-electron chi connectivity index (χ1n) is 8.07. The van der Waals surface area contributed by atoms with E-state index in [9.17, 15) is 17.6 Å². The molecule has 0 bridgehead atoms. The molecule has 27 heavy (non-hydrogen) atoms. The standard InChI is InChI=1S/C19H16FN3O3S/c20-15-6-8-16(9-7-15)27(25,26)18(14-4-3-10-21-12-14)13-23-19(24)17-5-1-2-11-22-17/h1-12,18H,13H2,(H,23,24)/t18-/m1/s1. The van der Waals surface area contributed by atoms with Crippen LogP contribution in [0.25, 0.3) is 0 Å². The first kappa shape index (κ1) is 18.7. The molecule has 0 saturated heterocycles. The van der Waals surface area contributed by atoms with Crippen molar-refractivity contribution >= 4 is 15.7 Å². The summed E-state index contributed by atoms with van der Waals surface area (Å²) in [4.78, 5) is 20.1. The van der Waals surface area contributed by atoms with Crippen LogP contribution in [-0.2, 0) is 9.84 Å². The van der Waals surface area contributed by atoms with Gasteiger partial charge < -0.3 is 5.32 Å². The summed E-state index contributed by atoms with van der Waals surface area (Å²) in [6, 6.07) is 12.7. The van der Waals surface area contributed by atoms with Crippen molar-refractivity contribution in [2.75, 3.05) is 6.54 Å². The monoisotopic (exact) mass is 385 g/mol. The van der Waals surface area contributed by atoms with E-state index in [1.54, 1.807) is 24.3 Å². The lowest BCUT2D eigenvalue weighted by atomic mass is 10.2. The normalized spacial score (nSPS) is 12.3. The number of halogens is 1. The van der Waals surface area contributed by atoms with Gasteiger partial charge in [0.25, 0.3) is 5.91 Å². The fourth-order valence-corrected chi connectivity index (χ4v) is 4.18. The number of amides is 1. The summed E-state index contributed by atoms with van der Waals surface area (Å²) >= 11 is 0. The quantitative estimate of drug-likeness (QED) is 0.659. The van der Waals surface area contributed by atoms with E-state index in [-0.39, 0.29) is 17.1 Å². The number of nitrogens with one attached hydrogen (secondary N) is 1. The molecule has 1 atom stereocenters. The van der Waals surface area contributed by atoms with Crippen molar-refractivity contribution in [3.63, 3.8) is 0 Å². The van der Waals surface area contributed by atoms with Crippen LogP contribution in [0.2, 0.25) is 0 Å². The fraction of sp³-hybridized carbons (Fsp3) is 0.105. The van der Waals surface area contributed by atoms with Crippen molar-refractivity contribution in [1.82, 2.24) is 15.3 Å². The Bertz CT molecular complexity index is 1010. The Morgan fingerprint density at radius 2 is 1.81 bits per heavy atom. The van der Waals surface area contributed by atoms with Gasteiger partial charge in [0.15, 0.2) is 9.84 Å². The van der Waals surface area contributed by atoms with Crippen LogP contribution in [0.3, 0.4) is 0 Å². The van der Waals surface area contributed by atoms with Crippen LogP contribution in [0.4, 0.5) is 4.39 Å². The average molecular weight is 385 g/mol. The van der Waals surface area contributed by atoms with Crippen LogP contribution in [0.15, 0.2) is 78.1 Å². The van der Waals surface area contributed by atoms with Crippen LogP contribution < -0.4 is 5.32 Å². The van der Waals surface area contributed by atoms with Crippen molar-refractivity contribution in [3.8, 4) is 0 Å². The summed E-state index contributed by atoms with van der Waals surface area (Å²) in [5.74, 6) is -1.02. The van der Waals surface area contributed by atoms with Crippen LogP contribution in [-0.4, -0.2) is 30.8 Å². The van der Waals surface area contributed by atoms with E-state index in [2.05, 4.69) is 15.3 Å². The highest BCUT2D eigenvalue weighted by Gasteiger charge is 2.30.